The van der Waals surface area contributed by atoms with Crippen molar-refractivity contribution in [3.63, 3.8) is 0 Å². The van der Waals surface area contributed by atoms with Gasteiger partial charge in [0.05, 0.1) is 23.0 Å². The van der Waals surface area contributed by atoms with Crippen LogP contribution in [0.15, 0.2) is 51.4 Å². The van der Waals surface area contributed by atoms with E-state index in [0.717, 1.165) is 21.2 Å². The third kappa shape index (κ3) is 3.17. The number of aromatic amines is 1. The number of hydrogen-bond acceptors (Lipinski definition) is 7. The second-order valence-electron chi connectivity index (χ2n) is 4.79. The molecular formula is C15H11N5O2S2. The fourth-order valence-electron chi connectivity index (χ4n) is 2.09. The molecule has 120 valence electrons. The molecule has 0 aliphatic rings. The van der Waals surface area contributed by atoms with Gasteiger partial charge in [-0.25, -0.2) is 4.98 Å². The normalized spacial score (nSPS) is 11.0. The number of H-pyrrole nitrogens is 1. The number of benzene rings is 1. The summed E-state index contributed by atoms with van der Waals surface area (Å²) in [6.07, 6.45) is 1.45. The van der Waals surface area contributed by atoms with Gasteiger partial charge in [0.15, 0.2) is 10.1 Å². The zero-order valence-electron chi connectivity index (χ0n) is 12.2. The Bertz CT molecular complexity index is 944. The topological polar surface area (TPSA) is 96.7 Å². The Morgan fingerprint density at radius 1 is 1.25 bits per heavy atom. The Kier molecular flexibility index (Phi) is 4.01. The van der Waals surface area contributed by atoms with Gasteiger partial charge in [-0.15, -0.1) is 10.2 Å². The lowest BCUT2D eigenvalue weighted by Gasteiger charge is -1.95. The minimum atomic E-state index is -0.343. The summed E-state index contributed by atoms with van der Waals surface area (Å²) in [7, 11) is 0. The van der Waals surface area contributed by atoms with Crippen LogP contribution in [0.1, 0.15) is 16.4 Å². The zero-order valence-corrected chi connectivity index (χ0v) is 13.9. The maximum Gasteiger partial charge on any atom is 0.293 e. The Balaban J connectivity index is 1.39. The van der Waals surface area contributed by atoms with Gasteiger partial charge in [-0.1, -0.05) is 35.2 Å². The second kappa shape index (κ2) is 6.46. The summed E-state index contributed by atoms with van der Waals surface area (Å²) in [5, 5.41) is 11.1. The highest BCUT2D eigenvalue weighted by molar-refractivity contribution is 8.00. The predicted octanol–water partition coefficient (Wildman–Crippen LogP) is 3.55. The first-order chi connectivity index (χ1) is 11.8. The molecule has 1 aromatic carbocycles. The van der Waals surface area contributed by atoms with Crippen molar-refractivity contribution in [3.05, 3.63) is 54.2 Å². The van der Waals surface area contributed by atoms with E-state index in [4.69, 9.17) is 4.42 Å². The van der Waals surface area contributed by atoms with E-state index in [1.165, 1.54) is 29.4 Å². The fraction of sp³-hybridized carbons (Fsp3) is 0.0667. The average Bonchev–Trinajstić information content (AvgIpc) is 3.32. The fourth-order valence-corrected chi connectivity index (χ4v) is 3.71. The number of rotatable bonds is 5. The Morgan fingerprint density at radius 2 is 2.17 bits per heavy atom. The molecule has 4 aromatic rings. The average molecular weight is 357 g/mol. The molecule has 4 rings (SSSR count). The number of nitrogens with zero attached hydrogens (tertiary/aromatic N) is 3. The number of carbonyl (C=O) groups is 1. The number of thioether (sulfide) groups is 1. The Morgan fingerprint density at radius 3 is 3.00 bits per heavy atom. The number of nitrogens with one attached hydrogen (secondary N) is 2. The van der Waals surface area contributed by atoms with Crippen LogP contribution in [0.3, 0.4) is 0 Å². The van der Waals surface area contributed by atoms with Crippen molar-refractivity contribution in [2.24, 2.45) is 0 Å². The summed E-state index contributed by atoms with van der Waals surface area (Å²) in [5.41, 5.74) is 1.95. The van der Waals surface area contributed by atoms with Crippen molar-refractivity contribution < 1.29 is 9.21 Å². The van der Waals surface area contributed by atoms with Crippen LogP contribution in [0.5, 0.6) is 0 Å². The van der Waals surface area contributed by atoms with E-state index in [1.54, 1.807) is 12.1 Å². The quantitative estimate of drug-likeness (QED) is 0.419. The lowest BCUT2D eigenvalue weighted by atomic mass is 10.3. The van der Waals surface area contributed by atoms with E-state index < -0.39 is 0 Å². The number of furan rings is 1. The monoisotopic (exact) mass is 357 g/mol. The van der Waals surface area contributed by atoms with Crippen molar-refractivity contribution in [3.8, 4) is 0 Å². The number of aromatic nitrogens is 4. The van der Waals surface area contributed by atoms with Gasteiger partial charge in [0.2, 0.25) is 5.13 Å². The summed E-state index contributed by atoms with van der Waals surface area (Å²) < 4.78 is 5.79. The van der Waals surface area contributed by atoms with Gasteiger partial charge in [0, 0.05) is 0 Å². The Labute approximate surface area is 144 Å². The number of fused-ring (bicyclic) bond motifs is 1. The van der Waals surface area contributed by atoms with Crippen molar-refractivity contribution in [1.82, 2.24) is 20.2 Å². The highest BCUT2D eigenvalue weighted by Crippen LogP contribution is 2.28. The molecule has 24 heavy (non-hydrogen) atoms. The van der Waals surface area contributed by atoms with E-state index in [1.807, 2.05) is 24.3 Å². The van der Waals surface area contributed by atoms with Gasteiger partial charge >= 0.3 is 0 Å². The van der Waals surface area contributed by atoms with E-state index in [2.05, 4.69) is 25.5 Å². The standard InChI is InChI=1S/C15H11N5O2S2/c21-13(11-6-3-7-22-11)18-14-19-20-15(24-14)23-8-12-16-9-4-1-2-5-10(9)17-12/h1-7H,8H2,(H,16,17)(H,18,19,21). The van der Waals surface area contributed by atoms with Crippen molar-refractivity contribution in [2.75, 3.05) is 5.32 Å². The van der Waals surface area contributed by atoms with Crippen LogP contribution >= 0.6 is 23.1 Å². The number of amides is 1. The molecular weight excluding hydrogens is 346 g/mol. The molecule has 0 bridgehead atoms. The van der Waals surface area contributed by atoms with E-state index in [9.17, 15) is 4.79 Å². The molecule has 0 spiro atoms. The molecule has 0 unspecified atom stereocenters. The first-order valence-corrected chi connectivity index (χ1v) is 8.83. The summed E-state index contributed by atoms with van der Waals surface area (Å²) >= 11 is 2.82. The number of anilines is 1. The zero-order chi connectivity index (χ0) is 16.4. The van der Waals surface area contributed by atoms with Gasteiger partial charge in [-0.3, -0.25) is 10.1 Å². The molecule has 9 heteroatoms. The third-order valence-electron chi connectivity index (χ3n) is 3.14. The number of hydrogen-bond donors (Lipinski definition) is 2. The molecule has 0 radical (unpaired) electrons. The van der Waals surface area contributed by atoms with Gasteiger partial charge < -0.3 is 9.40 Å². The van der Waals surface area contributed by atoms with Crippen LogP contribution in [-0.2, 0) is 5.75 Å². The molecule has 0 aliphatic carbocycles. The van der Waals surface area contributed by atoms with Crippen molar-refractivity contribution >= 4 is 45.2 Å². The molecule has 0 atom stereocenters. The van der Waals surface area contributed by atoms with Crippen LogP contribution < -0.4 is 5.32 Å². The first kappa shape index (κ1) is 14.9. The van der Waals surface area contributed by atoms with Gasteiger partial charge in [0.1, 0.15) is 5.82 Å². The molecule has 7 nitrogen and oxygen atoms in total. The highest BCUT2D eigenvalue weighted by Gasteiger charge is 2.13. The molecule has 0 saturated heterocycles. The maximum atomic E-state index is 11.9. The molecule has 0 saturated carbocycles. The largest absolute Gasteiger partial charge is 0.459 e. The van der Waals surface area contributed by atoms with Crippen molar-refractivity contribution in [2.45, 2.75) is 10.1 Å². The van der Waals surface area contributed by atoms with Crippen LogP contribution in [0.2, 0.25) is 0 Å². The van der Waals surface area contributed by atoms with Crippen LogP contribution in [0.4, 0.5) is 5.13 Å². The van der Waals surface area contributed by atoms with Crippen LogP contribution in [0.25, 0.3) is 11.0 Å². The third-order valence-corrected chi connectivity index (χ3v) is 5.13. The van der Waals surface area contributed by atoms with E-state index in [0.29, 0.717) is 10.9 Å². The minimum absolute atomic E-state index is 0.238. The smallest absolute Gasteiger partial charge is 0.293 e. The molecule has 3 heterocycles. The summed E-state index contributed by atoms with van der Waals surface area (Å²) in [4.78, 5) is 19.7. The van der Waals surface area contributed by atoms with Gasteiger partial charge in [0.25, 0.3) is 5.91 Å². The molecule has 3 aromatic heterocycles. The number of carbonyl (C=O) groups excluding carboxylic acids is 1. The molecule has 0 fully saturated rings. The van der Waals surface area contributed by atoms with E-state index >= 15 is 0 Å². The molecule has 1 amide bonds. The highest BCUT2D eigenvalue weighted by atomic mass is 32.2. The number of para-hydroxylation sites is 2. The maximum absolute atomic E-state index is 11.9. The molecule has 2 N–H and O–H groups in total. The Hall–Kier alpha value is -2.65. The number of imidazole rings is 1. The molecule has 0 aliphatic heterocycles. The van der Waals surface area contributed by atoms with Gasteiger partial charge in [-0.05, 0) is 24.3 Å². The second-order valence-corrected chi connectivity index (χ2v) is 6.99. The SMILES string of the molecule is O=C(Nc1nnc(SCc2nc3ccccc3[nH]2)s1)c1ccco1. The summed E-state index contributed by atoms with van der Waals surface area (Å²) in [6.45, 7) is 0. The summed E-state index contributed by atoms with van der Waals surface area (Å²) in [5.74, 6) is 1.42. The predicted molar refractivity (Wildman–Crippen MR) is 92.2 cm³/mol. The van der Waals surface area contributed by atoms with Gasteiger partial charge in [-0.2, -0.15) is 0 Å². The minimum Gasteiger partial charge on any atom is -0.459 e. The van der Waals surface area contributed by atoms with Crippen LogP contribution in [-0.4, -0.2) is 26.1 Å². The van der Waals surface area contributed by atoms with E-state index in [-0.39, 0.29) is 11.7 Å². The first-order valence-electron chi connectivity index (χ1n) is 7.03. The van der Waals surface area contributed by atoms with Crippen LogP contribution in [0, 0.1) is 0 Å². The lowest BCUT2D eigenvalue weighted by molar-refractivity contribution is 0.0996. The lowest BCUT2D eigenvalue weighted by Crippen LogP contribution is -2.10. The van der Waals surface area contributed by atoms with Crippen molar-refractivity contribution in [1.29, 1.82) is 0 Å². The summed E-state index contributed by atoms with van der Waals surface area (Å²) in [6, 6.07) is 11.1.